The van der Waals surface area contributed by atoms with Crippen molar-refractivity contribution in [2.45, 2.75) is 0 Å². The highest BCUT2D eigenvalue weighted by Crippen LogP contribution is 2.30. The minimum atomic E-state index is 0.851. The van der Waals surface area contributed by atoms with E-state index in [9.17, 15) is 0 Å². The monoisotopic (exact) mass is 292 g/mol. The lowest BCUT2D eigenvalue weighted by atomic mass is 10.1. The summed E-state index contributed by atoms with van der Waals surface area (Å²) in [6.07, 6.45) is 3.56. The molecule has 0 aliphatic carbocycles. The summed E-state index contributed by atoms with van der Waals surface area (Å²) in [5.74, 6) is 0.895. The summed E-state index contributed by atoms with van der Waals surface area (Å²) < 4.78 is 0. The molecule has 6 heteroatoms. The Morgan fingerprint density at radius 1 is 0.864 bits per heavy atom. The zero-order valence-electron chi connectivity index (χ0n) is 12.1. The molecule has 110 valence electrons. The normalized spacial score (nSPS) is 15.2. The van der Waals surface area contributed by atoms with Crippen LogP contribution < -0.4 is 10.2 Å². The molecule has 0 amide bonds. The molecular formula is C16H16N6. The van der Waals surface area contributed by atoms with Crippen molar-refractivity contribution in [3.8, 4) is 11.3 Å². The smallest absolute Gasteiger partial charge is 0.160 e. The Balaban J connectivity index is 1.88. The number of nitrogens with zero attached hydrogens (tertiary/aromatic N) is 5. The molecule has 1 aliphatic rings. The van der Waals surface area contributed by atoms with Gasteiger partial charge >= 0.3 is 0 Å². The van der Waals surface area contributed by atoms with Crippen molar-refractivity contribution in [3.05, 3.63) is 42.7 Å². The third-order valence-corrected chi connectivity index (χ3v) is 3.94. The first kappa shape index (κ1) is 13.1. The van der Waals surface area contributed by atoms with E-state index in [0.29, 0.717) is 0 Å². The zero-order valence-corrected chi connectivity index (χ0v) is 12.1. The van der Waals surface area contributed by atoms with Crippen molar-refractivity contribution >= 4 is 16.6 Å². The van der Waals surface area contributed by atoms with Crippen molar-refractivity contribution in [1.82, 2.24) is 25.7 Å². The molecule has 1 aliphatic heterocycles. The SMILES string of the molecule is c1ccc(-c2nnc(N3CCNCC3)c3cnncc23)cc1. The van der Waals surface area contributed by atoms with Gasteiger partial charge in [0.2, 0.25) is 0 Å². The number of aromatic nitrogens is 4. The summed E-state index contributed by atoms with van der Waals surface area (Å²) in [6, 6.07) is 10.1. The molecule has 1 saturated heterocycles. The number of hydrogen-bond donors (Lipinski definition) is 1. The van der Waals surface area contributed by atoms with Gasteiger partial charge in [0, 0.05) is 37.1 Å². The van der Waals surface area contributed by atoms with Crippen molar-refractivity contribution in [3.63, 3.8) is 0 Å². The quantitative estimate of drug-likeness (QED) is 0.772. The van der Waals surface area contributed by atoms with Crippen molar-refractivity contribution < 1.29 is 0 Å². The third kappa shape index (κ3) is 2.27. The number of fused-ring (bicyclic) bond motifs is 1. The van der Waals surface area contributed by atoms with E-state index in [1.54, 1.807) is 12.4 Å². The maximum Gasteiger partial charge on any atom is 0.160 e. The van der Waals surface area contributed by atoms with Gasteiger partial charge in [-0.25, -0.2) is 0 Å². The van der Waals surface area contributed by atoms with E-state index in [1.165, 1.54) is 0 Å². The highest BCUT2D eigenvalue weighted by Gasteiger charge is 2.18. The Bertz CT molecular complexity index is 783. The maximum atomic E-state index is 4.49. The fourth-order valence-corrected chi connectivity index (χ4v) is 2.81. The van der Waals surface area contributed by atoms with Gasteiger partial charge in [0.05, 0.1) is 17.8 Å². The van der Waals surface area contributed by atoms with Crippen LogP contribution in [-0.2, 0) is 0 Å². The van der Waals surface area contributed by atoms with Crippen LogP contribution >= 0.6 is 0 Å². The Kier molecular flexibility index (Phi) is 3.36. The average molecular weight is 292 g/mol. The number of hydrogen-bond acceptors (Lipinski definition) is 6. The highest BCUT2D eigenvalue weighted by molar-refractivity contribution is 5.99. The summed E-state index contributed by atoms with van der Waals surface area (Å²) in [7, 11) is 0. The lowest BCUT2D eigenvalue weighted by molar-refractivity contribution is 0.584. The molecule has 1 N–H and O–H groups in total. The largest absolute Gasteiger partial charge is 0.352 e. The van der Waals surface area contributed by atoms with E-state index in [1.807, 2.05) is 30.3 Å². The van der Waals surface area contributed by atoms with Crippen LogP contribution in [0.2, 0.25) is 0 Å². The molecule has 0 unspecified atom stereocenters. The Morgan fingerprint density at radius 2 is 1.59 bits per heavy atom. The van der Waals surface area contributed by atoms with Gasteiger partial charge in [-0.1, -0.05) is 30.3 Å². The van der Waals surface area contributed by atoms with Gasteiger partial charge in [-0.3, -0.25) is 0 Å². The second-order valence-corrected chi connectivity index (χ2v) is 5.29. The molecule has 0 atom stereocenters. The average Bonchev–Trinajstić information content (AvgIpc) is 2.62. The molecule has 3 aromatic rings. The number of rotatable bonds is 2. The van der Waals surface area contributed by atoms with Gasteiger partial charge in [0.1, 0.15) is 5.69 Å². The summed E-state index contributed by atoms with van der Waals surface area (Å²) in [5.41, 5.74) is 1.89. The van der Waals surface area contributed by atoms with Crippen molar-refractivity contribution in [2.75, 3.05) is 31.1 Å². The third-order valence-electron chi connectivity index (χ3n) is 3.94. The number of anilines is 1. The van der Waals surface area contributed by atoms with Crippen LogP contribution in [0.25, 0.3) is 22.0 Å². The predicted molar refractivity (Wildman–Crippen MR) is 85.6 cm³/mol. The van der Waals surface area contributed by atoms with Gasteiger partial charge in [-0.2, -0.15) is 10.2 Å². The molecule has 3 heterocycles. The lowest BCUT2D eigenvalue weighted by Gasteiger charge is -2.28. The molecule has 1 fully saturated rings. The first-order valence-electron chi connectivity index (χ1n) is 7.41. The molecular weight excluding hydrogens is 276 g/mol. The molecule has 0 spiro atoms. The van der Waals surface area contributed by atoms with E-state index in [-0.39, 0.29) is 0 Å². The Labute approximate surface area is 128 Å². The van der Waals surface area contributed by atoms with Gasteiger partial charge in [-0.15, -0.1) is 10.2 Å². The van der Waals surface area contributed by atoms with Crippen LogP contribution in [-0.4, -0.2) is 46.6 Å². The summed E-state index contributed by atoms with van der Waals surface area (Å²) in [5, 5.41) is 22.4. The molecule has 22 heavy (non-hydrogen) atoms. The van der Waals surface area contributed by atoms with Crippen LogP contribution in [0.15, 0.2) is 42.7 Å². The first-order valence-corrected chi connectivity index (χ1v) is 7.41. The second-order valence-electron chi connectivity index (χ2n) is 5.29. The van der Waals surface area contributed by atoms with Gasteiger partial charge in [0.15, 0.2) is 5.82 Å². The molecule has 0 bridgehead atoms. The van der Waals surface area contributed by atoms with E-state index in [4.69, 9.17) is 0 Å². The summed E-state index contributed by atoms with van der Waals surface area (Å²) in [6.45, 7) is 3.78. The van der Waals surface area contributed by atoms with Crippen LogP contribution in [0, 0.1) is 0 Å². The Hall–Kier alpha value is -2.60. The second kappa shape index (κ2) is 5.65. The van der Waals surface area contributed by atoms with Crippen molar-refractivity contribution in [2.24, 2.45) is 0 Å². The minimum absolute atomic E-state index is 0.851. The maximum absolute atomic E-state index is 4.49. The van der Waals surface area contributed by atoms with Crippen LogP contribution in [0.5, 0.6) is 0 Å². The summed E-state index contributed by atoms with van der Waals surface area (Å²) in [4.78, 5) is 2.25. The van der Waals surface area contributed by atoms with E-state index >= 15 is 0 Å². The zero-order chi connectivity index (χ0) is 14.8. The fourth-order valence-electron chi connectivity index (χ4n) is 2.81. The molecule has 1 aromatic carbocycles. The predicted octanol–water partition coefficient (Wildman–Crippen LogP) is 1.50. The standard InChI is InChI=1S/C16H16N6/c1-2-4-12(5-3-1)15-13-10-18-19-11-14(13)16(21-20-15)22-8-6-17-7-9-22/h1-5,10-11,17H,6-9H2. The number of nitrogens with one attached hydrogen (secondary N) is 1. The van der Waals surface area contributed by atoms with Crippen LogP contribution in [0.1, 0.15) is 0 Å². The van der Waals surface area contributed by atoms with Crippen molar-refractivity contribution in [1.29, 1.82) is 0 Å². The molecule has 6 nitrogen and oxygen atoms in total. The van der Waals surface area contributed by atoms with Crippen LogP contribution in [0.4, 0.5) is 5.82 Å². The van der Waals surface area contributed by atoms with Gasteiger partial charge < -0.3 is 10.2 Å². The van der Waals surface area contributed by atoms with Crippen LogP contribution in [0.3, 0.4) is 0 Å². The minimum Gasteiger partial charge on any atom is -0.352 e. The van der Waals surface area contributed by atoms with Gasteiger partial charge in [0.25, 0.3) is 0 Å². The number of piperazine rings is 1. The summed E-state index contributed by atoms with van der Waals surface area (Å²) >= 11 is 0. The Morgan fingerprint density at radius 3 is 2.36 bits per heavy atom. The first-order chi connectivity index (χ1) is 10.9. The molecule has 0 radical (unpaired) electrons. The topological polar surface area (TPSA) is 66.8 Å². The molecule has 0 saturated carbocycles. The van der Waals surface area contributed by atoms with E-state index < -0.39 is 0 Å². The highest BCUT2D eigenvalue weighted by atomic mass is 15.3. The lowest BCUT2D eigenvalue weighted by Crippen LogP contribution is -2.44. The van der Waals surface area contributed by atoms with Gasteiger partial charge in [-0.05, 0) is 0 Å². The molecule has 2 aromatic heterocycles. The number of benzene rings is 1. The fraction of sp³-hybridized carbons (Fsp3) is 0.250. The van der Waals surface area contributed by atoms with E-state index in [0.717, 1.165) is 54.0 Å². The van der Waals surface area contributed by atoms with E-state index in [2.05, 4.69) is 30.6 Å². The molecule has 4 rings (SSSR count).